The molecule has 0 spiro atoms. The van der Waals surface area contributed by atoms with Gasteiger partial charge in [-0.3, -0.25) is 0 Å². The Morgan fingerprint density at radius 2 is 2.00 bits per heavy atom. The lowest BCUT2D eigenvalue weighted by molar-refractivity contribution is -0.178. The Hall–Kier alpha value is -0.240. The first-order chi connectivity index (χ1) is 7.44. The summed E-state index contributed by atoms with van der Waals surface area (Å²) in [6.07, 6.45) is -3.74. The standard InChI is InChI=1S/C10H18O6/c1-10(2)14-4-5(16-10)7-8(13-3)6(11)9(12)15-7/h5-9,11-12H,4H2,1-3H3/t5-,6-,7-,8-,9+/m1/s1. The smallest absolute Gasteiger partial charge is 0.184 e. The summed E-state index contributed by atoms with van der Waals surface area (Å²) < 4.78 is 21.4. The van der Waals surface area contributed by atoms with Crippen LogP contribution in [0.15, 0.2) is 0 Å². The van der Waals surface area contributed by atoms with Gasteiger partial charge in [-0.25, -0.2) is 0 Å². The van der Waals surface area contributed by atoms with Gasteiger partial charge in [0.2, 0.25) is 0 Å². The Balaban J connectivity index is 2.05. The molecule has 2 heterocycles. The van der Waals surface area contributed by atoms with Crippen LogP contribution in [-0.2, 0) is 18.9 Å². The highest BCUT2D eigenvalue weighted by Gasteiger charge is 2.50. The van der Waals surface area contributed by atoms with E-state index in [9.17, 15) is 10.2 Å². The van der Waals surface area contributed by atoms with Gasteiger partial charge in [-0.2, -0.15) is 0 Å². The van der Waals surface area contributed by atoms with E-state index in [4.69, 9.17) is 18.9 Å². The molecule has 0 radical (unpaired) electrons. The van der Waals surface area contributed by atoms with Gasteiger partial charge < -0.3 is 29.2 Å². The highest BCUT2D eigenvalue weighted by Crippen LogP contribution is 2.32. The lowest BCUT2D eigenvalue weighted by atomic mass is 10.1. The van der Waals surface area contributed by atoms with Gasteiger partial charge in [-0.1, -0.05) is 0 Å². The molecule has 0 aliphatic carbocycles. The summed E-state index contributed by atoms with van der Waals surface area (Å²) in [6, 6.07) is 0. The predicted molar refractivity (Wildman–Crippen MR) is 52.6 cm³/mol. The van der Waals surface area contributed by atoms with Gasteiger partial charge in [-0.15, -0.1) is 0 Å². The van der Waals surface area contributed by atoms with Crippen molar-refractivity contribution in [3.8, 4) is 0 Å². The van der Waals surface area contributed by atoms with Crippen molar-refractivity contribution in [1.29, 1.82) is 0 Å². The van der Waals surface area contributed by atoms with Crippen LogP contribution in [-0.4, -0.2) is 60.4 Å². The van der Waals surface area contributed by atoms with E-state index >= 15 is 0 Å². The first-order valence-corrected chi connectivity index (χ1v) is 5.31. The number of methoxy groups -OCH3 is 1. The molecule has 2 aliphatic heterocycles. The van der Waals surface area contributed by atoms with Crippen LogP contribution in [0.1, 0.15) is 13.8 Å². The van der Waals surface area contributed by atoms with Crippen LogP contribution < -0.4 is 0 Å². The Kier molecular flexibility index (Phi) is 3.22. The fourth-order valence-corrected chi connectivity index (χ4v) is 2.13. The van der Waals surface area contributed by atoms with Crippen LogP contribution in [0.3, 0.4) is 0 Å². The van der Waals surface area contributed by atoms with Crippen LogP contribution >= 0.6 is 0 Å². The Morgan fingerprint density at radius 3 is 2.50 bits per heavy atom. The third-order valence-corrected chi connectivity index (χ3v) is 2.92. The fraction of sp³-hybridized carbons (Fsp3) is 1.00. The second-order valence-corrected chi connectivity index (χ2v) is 4.55. The van der Waals surface area contributed by atoms with E-state index in [0.717, 1.165) is 0 Å². The molecule has 6 nitrogen and oxygen atoms in total. The molecular formula is C10H18O6. The molecule has 0 amide bonds. The Bertz CT molecular complexity index is 256. The minimum absolute atomic E-state index is 0.341. The molecule has 16 heavy (non-hydrogen) atoms. The molecule has 2 rings (SSSR count). The van der Waals surface area contributed by atoms with Crippen molar-refractivity contribution in [2.24, 2.45) is 0 Å². The molecule has 0 aromatic rings. The van der Waals surface area contributed by atoms with Crippen molar-refractivity contribution in [2.45, 2.75) is 50.3 Å². The molecule has 0 unspecified atom stereocenters. The molecule has 2 fully saturated rings. The van der Waals surface area contributed by atoms with E-state index < -0.39 is 30.4 Å². The first kappa shape index (κ1) is 12.2. The molecular weight excluding hydrogens is 216 g/mol. The largest absolute Gasteiger partial charge is 0.385 e. The number of hydrogen-bond donors (Lipinski definition) is 2. The predicted octanol–water partition coefficient (Wildman–Crippen LogP) is -0.769. The molecule has 6 heteroatoms. The average Bonchev–Trinajstić information content (AvgIpc) is 2.69. The van der Waals surface area contributed by atoms with Crippen molar-refractivity contribution in [2.75, 3.05) is 13.7 Å². The zero-order chi connectivity index (χ0) is 11.9. The Labute approximate surface area is 94.1 Å². The summed E-state index contributed by atoms with van der Waals surface area (Å²) in [5.74, 6) is -0.662. The lowest BCUT2D eigenvalue weighted by Crippen LogP contribution is -2.42. The third kappa shape index (κ3) is 2.09. The van der Waals surface area contributed by atoms with Crippen LogP contribution in [0, 0.1) is 0 Å². The number of aliphatic hydroxyl groups excluding tert-OH is 2. The van der Waals surface area contributed by atoms with Crippen molar-refractivity contribution in [3.63, 3.8) is 0 Å². The fourth-order valence-electron chi connectivity index (χ4n) is 2.13. The lowest BCUT2D eigenvalue weighted by Gasteiger charge is -2.24. The highest BCUT2D eigenvalue weighted by molar-refractivity contribution is 4.94. The zero-order valence-corrected chi connectivity index (χ0v) is 9.62. The van der Waals surface area contributed by atoms with Gasteiger partial charge in [0.1, 0.15) is 24.4 Å². The molecule has 5 atom stereocenters. The molecule has 2 saturated heterocycles. The van der Waals surface area contributed by atoms with Gasteiger partial charge in [0.05, 0.1) is 6.61 Å². The van der Waals surface area contributed by atoms with Gasteiger partial charge in [-0.05, 0) is 13.8 Å². The van der Waals surface area contributed by atoms with Crippen molar-refractivity contribution in [1.82, 2.24) is 0 Å². The molecule has 0 aromatic heterocycles. The number of rotatable bonds is 2. The quantitative estimate of drug-likeness (QED) is 0.653. The topological polar surface area (TPSA) is 77.4 Å². The summed E-state index contributed by atoms with van der Waals surface area (Å²) in [5, 5.41) is 19.0. The van der Waals surface area contributed by atoms with Crippen molar-refractivity contribution >= 4 is 0 Å². The molecule has 0 aromatic carbocycles. The van der Waals surface area contributed by atoms with Crippen LogP contribution in [0.4, 0.5) is 0 Å². The first-order valence-electron chi connectivity index (χ1n) is 5.31. The molecule has 94 valence electrons. The van der Waals surface area contributed by atoms with E-state index in [1.165, 1.54) is 7.11 Å². The third-order valence-electron chi connectivity index (χ3n) is 2.92. The van der Waals surface area contributed by atoms with Crippen LogP contribution in [0.5, 0.6) is 0 Å². The summed E-state index contributed by atoms with van der Waals surface area (Å²) in [5.41, 5.74) is 0. The SMILES string of the molecule is CO[C@@H]1[C@@H](O)[C@@H](O)O[C@@H]1[C@H]1COC(C)(C)O1. The highest BCUT2D eigenvalue weighted by atomic mass is 16.8. The van der Waals surface area contributed by atoms with Crippen LogP contribution in [0.25, 0.3) is 0 Å². The number of hydrogen-bond acceptors (Lipinski definition) is 6. The van der Waals surface area contributed by atoms with E-state index in [1.807, 2.05) is 0 Å². The van der Waals surface area contributed by atoms with Gasteiger partial charge >= 0.3 is 0 Å². The summed E-state index contributed by atoms with van der Waals surface area (Å²) in [6.45, 7) is 3.96. The van der Waals surface area contributed by atoms with Crippen LogP contribution in [0.2, 0.25) is 0 Å². The number of ether oxygens (including phenoxy) is 4. The summed E-state index contributed by atoms with van der Waals surface area (Å²) in [7, 11) is 1.46. The maximum atomic E-state index is 9.62. The van der Waals surface area contributed by atoms with E-state index in [1.54, 1.807) is 13.8 Å². The maximum absolute atomic E-state index is 9.62. The molecule has 2 N–H and O–H groups in total. The van der Waals surface area contributed by atoms with Gasteiger partial charge in [0.25, 0.3) is 0 Å². The summed E-state index contributed by atoms with van der Waals surface area (Å²) >= 11 is 0. The van der Waals surface area contributed by atoms with Crippen molar-refractivity contribution < 1.29 is 29.2 Å². The molecule has 2 aliphatic rings. The normalized spacial score (nSPS) is 47.4. The van der Waals surface area contributed by atoms with Gasteiger partial charge in [0.15, 0.2) is 12.1 Å². The molecule has 0 saturated carbocycles. The Morgan fingerprint density at radius 1 is 1.31 bits per heavy atom. The van der Waals surface area contributed by atoms with E-state index in [0.29, 0.717) is 6.61 Å². The van der Waals surface area contributed by atoms with E-state index in [2.05, 4.69) is 0 Å². The second-order valence-electron chi connectivity index (χ2n) is 4.55. The molecule has 0 bridgehead atoms. The maximum Gasteiger partial charge on any atom is 0.184 e. The minimum Gasteiger partial charge on any atom is -0.385 e. The second kappa shape index (κ2) is 4.21. The monoisotopic (exact) mass is 234 g/mol. The van der Waals surface area contributed by atoms with Crippen molar-refractivity contribution in [3.05, 3.63) is 0 Å². The minimum atomic E-state index is -1.23. The average molecular weight is 234 g/mol. The zero-order valence-electron chi connectivity index (χ0n) is 9.62. The van der Waals surface area contributed by atoms with Gasteiger partial charge in [0, 0.05) is 7.11 Å². The van der Waals surface area contributed by atoms with E-state index in [-0.39, 0.29) is 6.10 Å². The number of aliphatic hydroxyl groups is 2. The summed E-state index contributed by atoms with van der Waals surface area (Å²) in [4.78, 5) is 0.